The molecule has 2 heteroatoms. The summed E-state index contributed by atoms with van der Waals surface area (Å²) < 4.78 is 0. The Balaban J connectivity index is 1.49. The Morgan fingerprint density at radius 1 is 0.457 bits per heavy atom. The third-order valence-electron chi connectivity index (χ3n) is 10.7. The van der Waals surface area contributed by atoms with E-state index >= 15 is 0 Å². The van der Waals surface area contributed by atoms with Crippen LogP contribution in [-0.2, 0) is 6.42 Å². The fraction of sp³-hybridized carbons (Fsp3) is 0.682. The third-order valence-corrected chi connectivity index (χ3v) is 10.7. The normalized spacial score (nSPS) is 16.8. The molecule has 0 saturated heterocycles. The van der Waals surface area contributed by atoms with Crippen molar-refractivity contribution in [2.24, 2.45) is 0 Å². The number of rotatable bonds is 28. The summed E-state index contributed by atoms with van der Waals surface area (Å²) in [6.45, 7) is 9.32. The number of hydrogen-bond acceptors (Lipinski definition) is 2. The maximum Gasteiger partial charge on any atom is 0.123 e. The van der Waals surface area contributed by atoms with Gasteiger partial charge in [0.05, 0.1) is 0 Å². The molecule has 0 radical (unpaired) electrons. The smallest absolute Gasteiger partial charge is 0.123 e. The molecule has 258 valence electrons. The molecular formula is C44H72N2. The predicted molar refractivity (Wildman–Crippen MR) is 203 cm³/mol. The molecule has 46 heavy (non-hydrogen) atoms. The van der Waals surface area contributed by atoms with Gasteiger partial charge in [0, 0.05) is 37.8 Å². The van der Waals surface area contributed by atoms with Crippen molar-refractivity contribution in [1.29, 1.82) is 0 Å². The van der Waals surface area contributed by atoms with Crippen LogP contribution >= 0.6 is 0 Å². The predicted octanol–water partition coefficient (Wildman–Crippen LogP) is 13.4. The zero-order valence-electron chi connectivity index (χ0n) is 30.6. The van der Waals surface area contributed by atoms with Crippen LogP contribution in [0.5, 0.6) is 0 Å². The first kappa shape index (κ1) is 38.2. The highest BCUT2D eigenvalue weighted by atomic mass is 15.4. The first-order chi connectivity index (χ1) is 22.8. The highest BCUT2D eigenvalue weighted by Crippen LogP contribution is 2.45. The highest BCUT2D eigenvalue weighted by Gasteiger charge is 2.49. The van der Waals surface area contributed by atoms with E-state index in [1.165, 1.54) is 146 Å². The minimum Gasteiger partial charge on any atom is -0.353 e. The molecule has 2 nitrogen and oxygen atoms in total. The van der Waals surface area contributed by atoms with E-state index in [9.17, 15) is 0 Å². The summed E-state index contributed by atoms with van der Waals surface area (Å²) in [4.78, 5) is 5.52. The van der Waals surface area contributed by atoms with Crippen LogP contribution in [0, 0.1) is 0 Å². The van der Waals surface area contributed by atoms with Gasteiger partial charge in [-0.05, 0) is 30.4 Å². The molecule has 0 bridgehead atoms. The monoisotopic (exact) mass is 629 g/mol. The lowest BCUT2D eigenvalue weighted by Gasteiger charge is -2.51. The zero-order valence-corrected chi connectivity index (χ0v) is 30.6. The standard InChI is InChI=1S/C44H72N2/c1-4-7-9-11-12-13-14-15-16-17-18-19-20-21-22-23-31-37-46-39-38-45(36-30-10-8-5-2)44(46,40-41-32-26-24-27-33-41)43(6-3)42-34-28-25-29-35-42/h24-29,32-35,38-39,43H,4-23,30-31,36-37,40H2,1-3H3. The van der Waals surface area contributed by atoms with Gasteiger partial charge in [0.15, 0.2) is 0 Å². The van der Waals surface area contributed by atoms with E-state index in [1.54, 1.807) is 0 Å². The van der Waals surface area contributed by atoms with Crippen LogP contribution in [0.3, 0.4) is 0 Å². The van der Waals surface area contributed by atoms with Crippen LogP contribution in [0.15, 0.2) is 73.1 Å². The second-order valence-corrected chi connectivity index (χ2v) is 14.3. The molecule has 0 saturated carbocycles. The molecule has 0 N–H and O–H groups in total. The fourth-order valence-corrected chi connectivity index (χ4v) is 7.97. The maximum atomic E-state index is 2.77. The van der Waals surface area contributed by atoms with Crippen LogP contribution in [0.25, 0.3) is 0 Å². The molecule has 1 heterocycles. The van der Waals surface area contributed by atoms with Crippen molar-refractivity contribution >= 4 is 0 Å². The summed E-state index contributed by atoms with van der Waals surface area (Å²) in [5.74, 6) is 0.445. The van der Waals surface area contributed by atoms with E-state index in [1.807, 2.05) is 0 Å². The van der Waals surface area contributed by atoms with Gasteiger partial charge in [0.25, 0.3) is 0 Å². The SMILES string of the molecule is CCCCCCCCCCCCCCCCCCCN1C=CN(CCCCCC)C1(Cc1ccccc1)C(CC)c1ccccc1. The molecule has 1 aliphatic rings. The minimum absolute atomic E-state index is 0.0568. The summed E-state index contributed by atoms with van der Waals surface area (Å²) in [6.07, 6.45) is 36.5. The summed E-state index contributed by atoms with van der Waals surface area (Å²) in [6, 6.07) is 22.7. The Morgan fingerprint density at radius 2 is 0.826 bits per heavy atom. The van der Waals surface area contributed by atoms with Crippen molar-refractivity contribution in [3.63, 3.8) is 0 Å². The lowest BCUT2D eigenvalue weighted by molar-refractivity contribution is -0.00377. The highest BCUT2D eigenvalue weighted by molar-refractivity contribution is 5.30. The van der Waals surface area contributed by atoms with Crippen LogP contribution in [0.4, 0.5) is 0 Å². The molecule has 0 aliphatic carbocycles. The molecule has 2 atom stereocenters. The molecular weight excluding hydrogens is 556 g/mol. The summed E-state index contributed by atoms with van der Waals surface area (Å²) >= 11 is 0. The lowest BCUT2D eigenvalue weighted by Crippen LogP contribution is -2.59. The minimum atomic E-state index is -0.0568. The van der Waals surface area contributed by atoms with Crippen molar-refractivity contribution in [2.45, 2.75) is 180 Å². The van der Waals surface area contributed by atoms with Crippen LogP contribution < -0.4 is 0 Å². The van der Waals surface area contributed by atoms with Crippen LogP contribution in [0.1, 0.15) is 179 Å². The molecule has 0 fully saturated rings. The van der Waals surface area contributed by atoms with Gasteiger partial charge < -0.3 is 9.80 Å². The van der Waals surface area contributed by atoms with E-state index < -0.39 is 0 Å². The Morgan fingerprint density at radius 3 is 1.24 bits per heavy atom. The van der Waals surface area contributed by atoms with Crippen molar-refractivity contribution in [2.75, 3.05) is 13.1 Å². The van der Waals surface area contributed by atoms with Crippen molar-refractivity contribution in [3.8, 4) is 0 Å². The molecule has 2 aromatic carbocycles. The summed E-state index contributed by atoms with van der Waals surface area (Å²) in [5.41, 5.74) is 2.88. The zero-order chi connectivity index (χ0) is 32.5. The Bertz CT molecular complexity index is 1000. The maximum absolute atomic E-state index is 2.77. The number of benzene rings is 2. The van der Waals surface area contributed by atoms with Gasteiger partial charge in [0.2, 0.25) is 0 Å². The molecule has 3 rings (SSSR count). The van der Waals surface area contributed by atoms with E-state index in [2.05, 4.69) is 104 Å². The summed E-state index contributed by atoms with van der Waals surface area (Å²) in [5, 5.41) is 0. The van der Waals surface area contributed by atoms with Crippen LogP contribution in [-0.4, -0.2) is 28.6 Å². The van der Waals surface area contributed by atoms with Gasteiger partial charge in [-0.2, -0.15) is 0 Å². The number of nitrogens with zero attached hydrogens (tertiary/aromatic N) is 2. The van der Waals surface area contributed by atoms with Gasteiger partial charge in [-0.25, -0.2) is 0 Å². The first-order valence-corrected chi connectivity index (χ1v) is 20.1. The average molecular weight is 629 g/mol. The van der Waals surface area contributed by atoms with Gasteiger partial charge in [-0.3, -0.25) is 0 Å². The first-order valence-electron chi connectivity index (χ1n) is 20.1. The third kappa shape index (κ3) is 13.1. The second-order valence-electron chi connectivity index (χ2n) is 14.3. The van der Waals surface area contributed by atoms with E-state index in [4.69, 9.17) is 0 Å². The van der Waals surface area contributed by atoms with Gasteiger partial charge in [-0.1, -0.05) is 203 Å². The van der Waals surface area contributed by atoms with Gasteiger partial charge in [-0.15, -0.1) is 0 Å². The lowest BCUT2D eigenvalue weighted by atomic mass is 9.78. The van der Waals surface area contributed by atoms with Crippen molar-refractivity contribution in [1.82, 2.24) is 9.80 Å². The quantitative estimate of drug-likeness (QED) is 0.0865. The molecule has 0 spiro atoms. The number of unbranched alkanes of at least 4 members (excludes halogenated alkanes) is 19. The Labute approximate surface area is 286 Å². The molecule has 2 unspecified atom stereocenters. The second kappa shape index (κ2) is 24.0. The van der Waals surface area contributed by atoms with Crippen LogP contribution in [0.2, 0.25) is 0 Å². The Hall–Kier alpha value is -2.22. The van der Waals surface area contributed by atoms with E-state index in [0.717, 1.165) is 25.9 Å². The summed E-state index contributed by atoms with van der Waals surface area (Å²) in [7, 11) is 0. The topological polar surface area (TPSA) is 6.48 Å². The van der Waals surface area contributed by atoms with Crippen molar-refractivity contribution < 1.29 is 0 Å². The van der Waals surface area contributed by atoms with Crippen molar-refractivity contribution in [3.05, 3.63) is 84.2 Å². The average Bonchev–Trinajstić information content (AvgIpc) is 3.42. The fourth-order valence-electron chi connectivity index (χ4n) is 7.97. The molecule has 1 aliphatic heterocycles. The van der Waals surface area contributed by atoms with Gasteiger partial charge in [0.1, 0.15) is 5.66 Å². The van der Waals surface area contributed by atoms with E-state index in [-0.39, 0.29) is 5.66 Å². The number of hydrogen-bond donors (Lipinski definition) is 0. The molecule has 0 amide bonds. The molecule has 0 aromatic heterocycles. The van der Waals surface area contributed by atoms with E-state index in [0.29, 0.717) is 5.92 Å². The largest absolute Gasteiger partial charge is 0.353 e. The molecule has 2 aromatic rings. The van der Waals surface area contributed by atoms with Gasteiger partial charge >= 0.3 is 0 Å². The Kier molecular flexibility index (Phi) is 19.9.